The van der Waals surface area contributed by atoms with Gasteiger partial charge < -0.3 is 10.2 Å². The van der Waals surface area contributed by atoms with Gasteiger partial charge in [-0.3, -0.25) is 9.89 Å². The van der Waals surface area contributed by atoms with E-state index < -0.39 is 18.0 Å². The van der Waals surface area contributed by atoms with Crippen LogP contribution in [0.5, 0.6) is 0 Å². The molecular weight excluding hydrogens is 314 g/mol. The van der Waals surface area contributed by atoms with Crippen LogP contribution in [0.2, 0.25) is 0 Å². The smallest absolute Gasteiger partial charge is 0.284 e. The Bertz CT molecular complexity index is 706. The summed E-state index contributed by atoms with van der Waals surface area (Å²) >= 11 is 0. The highest BCUT2D eigenvalue weighted by molar-refractivity contribution is 6.05. The minimum atomic E-state index is -2.74. The first-order valence-corrected chi connectivity index (χ1v) is 8.05. The number of H-pyrrole nitrogens is 1. The van der Waals surface area contributed by atoms with Gasteiger partial charge in [0.25, 0.3) is 12.3 Å². The normalized spacial score (nSPS) is 14.9. The van der Waals surface area contributed by atoms with Gasteiger partial charge in [-0.2, -0.15) is 5.10 Å². The van der Waals surface area contributed by atoms with Gasteiger partial charge in [0.15, 0.2) is 5.69 Å². The van der Waals surface area contributed by atoms with Crippen molar-refractivity contribution < 1.29 is 13.6 Å². The number of piperidine rings is 1. The van der Waals surface area contributed by atoms with E-state index in [4.69, 9.17) is 0 Å². The molecule has 1 aliphatic heterocycles. The molecule has 0 bridgehead atoms. The van der Waals surface area contributed by atoms with Crippen molar-refractivity contribution in [2.75, 3.05) is 23.3 Å². The second kappa shape index (κ2) is 6.98. The summed E-state index contributed by atoms with van der Waals surface area (Å²) < 4.78 is 25.8. The van der Waals surface area contributed by atoms with Crippen LogP contribution in [0, 0.1) is 6.92 Å². The topological polar surface area (TPSA) is 61.0 Å². The van der Waals surface area contributed by atoms with Crippen LogP contribution in [-0.2, 0) is 0 Å². The number of hydrogen-bond donors (Lipinski definition) is 2. The summed E-state index contributed by atoms with van der Waals surface area (Å²) in [5.74, 6) is -0.424. The summed E-state index contributed by atoms with van der Waals surface area (Å²) in [6.45, 7) is 3.64. The SMILES string of the molecule is Cc1[nH]nc(C(F)F)c1NC(=O)c1ccc(N2CCCCC2)cc1. The van der Waals surface area contributed by atoms with Crippen LogP contribution >= 0.6 is 0 Å². The molecular formula is C17H20F2N4O. The van der Waals surface area contributed by atoms with Crippen molar-refractivity contribution in [2.45, 2.75) is 32.6 Å². The summed E-state index contributed by atoms with van der Waals surface area (Å²) in [4.78, 5) is 14.6. The molecule has 0 spiro atoms. The summed E-state index contributed by atoms with van der Waals surface area (Å²) in [6, 6.07) is 7.24. The maximum Gasteiger partial charge on any atom is 0.284 e. The van der Waals surface area contributed by atoms with Crippen LogP contribution < -0.4 is 10.2 Å². The van der Waals surface area contributed by atoms with Crippen LogP contribution in [0.1, 0.15) is 47.4 Å². The molecule has 1 aliphatic rings. The summed E-state index contributed by atoms with van der Waals surface area (Å²) in [7, 11) is 0. The third-order valence-electron chi connectivity index (χ3n) is 4.27. The van der Waals surface area contributed by atoms with Crippen molar-refractivity contribution in [3.63, 3.8) is 0 Å². The van der Waals surface area contributed by atoms with Gasteiger partial charge in [0, 0.05) is 24.3 Å². The van der Waals surface area contributed by atoms with Crippen LogP contribution in [-0.4, -0.2) is 29.2 Å². The Morgan fingerprint density at radius 2 is 1.88 bits per heavy atom. The zero-order valence-electron chi connectivity index (χ0n) is 13.5. The predicted octanol–water partition coefficient (Wildman–Crippen LogP) is 3.90. The number of alkyl halides is 2. The molecule has 0 unspecified atom stereocenters. The highest BCUT2D eigenvalue weighted by atomic mass is 19.3. The van der Waals surface area contributed by atoms with E-state index in [1.807, 2.05) is 12.1 Å². The third-order valence-corrected chi connectivity index (χ3v) is 4.27. The van der Waals surface area contributed by atoms with E-state index in [0.717, 1.165) is 18.8 Å². The van der Waals surface area contributed by atoms with Gasteiger partial charge in [0.1, 0.15) is 0 Å². The Balaban J connectivity index is 1.72. The van der Waals surface area contributed by atoms with Crippen molar-refractivity contribution >= 4 is 17.3 Å². The largest absolute Gasteiger partial charge is 0.372 e. The van der Waals surface area contributed by atoms with E-state index in [0.29, 0.717) is 11.3 Å². The Kier molecular flexibility index (Phi) is 4.78. The number of carbonyl (C=O) groups excluding carboxylic acids is 1. The summed E-state index contributed by atoms with van der Waals surface area (Å²) in [5.41, 5.74) is 1.53. The van der Waals surface area contributed by atoms with Crippen molar-refractivity contribution in [2.24, 2.45) is 0 Å². The second-order valence-corrected chi connectivity index (χ2v) is 5.96. The lowest BCUT2D eigenvalue weighted by atomic mass is 10.1. The maximum atomic E-state index is 12.9. The zero-order valence-corrected chi connectivity index (χ0v) is 13.5. The molecule has 5 nitrogen and oxygen atoms in total. The quantitative estimate of drug-likeness (QED) is 0.891. The Morgan fingerprint density at radius 1 is 1.21 bits per heavy atom. The number of carbonyl (C=O) groups is 1. The van der Waals surface area contributed by atoms with E-state index in [1.165, 1.54) is 19.3 Å². The molecule has 1 saturated heterocycles. The number of aromatic amines is 1. The standard InChI is InChI=1S/C17H20F2N4O/c1-11-14(15(16(18)19)22-21-11)20-17(24)12-5-7-13(8-6-12)23-9-3-2-4-10-23/h5-8,16H,2-4,9-10H2,1H3,(H,20,24)(H,21,22). The highest BCUT2D eigenvalue weighted by Crippen LogP contribution is 2.28. The average Bonchev–Trinajstić information content (AvgIpc) is 2.97. The Morgan fingerprint density at radius 3 is 2.50 bits per heavy atom. The number of halogens is 2. The molecule has 2 N–H and O–H groups in total. The summed E-state index contributed by atoms with van der Waals surface area (Å²) in [6.07, 6.45) is 0.872. The number of aromatic nitrogens is 2. The number of amides is 1. The average molecular weight is 334 g/mol. The molecule has 1 amide bonds. The first kappa shape index (κ1) is 16.4. The predicted molar refractivity (Wildman–Crippen MR) is 88.7 cm³/mol. The molecule has 2 heterocycles. The molecule has 0 saturated carbocycles. The first-order chi connectivity index (χ1) is 11.6. The molecule has 128 valence electrons. The van der Waals surface area contributed by atoms with E-state index in [2.05, 4.69) is 20.4 Å². The number of rotatable bonds is 4. The van der Waals surface area contributed by atoms with Crippen LogP contribution in [0.3, 0.4) is 0 Å². The monoisotopic (exact) mass is 334 g/mol. The fourth-order valence-corrected chi connectivity index (χ4v) is 2.93. The highest BCUT2D eigenvalue weighted by Gasteiger charge is 2.21. The lowest BCUT2D eigenvalue weighted by molar-refractivity contribution is 0.102. The number of nitrogens with zero attached hydrogens (tertiary/aromatic N) is 2. The van der Waals surface area contributed by atoms with Gasteiger partial charge >= 0.3 is 0 Å². The molecule has 3 rings (SSSR count). The molecule has 7 heteroatoms. The second-order valence-electron chi connectivity index (χ2n) is 5.96. The van der Waals surface area contributed by atoms with E-state index in [9.17, 15) is 13.6 Å². The summed E-state index contributed by atoms with van der Waals surface area (Å²) in [5, 5.41) is 8.55. The van der Waals surface area contributed by atoms with Gasteiger partial charge in [-0.25, -0.2) is 8.78 Å². The van der Waals surface area contributed by atoms with Gasteiger partial charge in [-0.1, -0.05) is 0 Å². The van der Waals surface area contributed by atoms with Gasteiger partial charge in [-0.05, 0) is 50.5 Å². The molecule has 2 aromatic rings. The first-order valence-electron chi connectivity index (χ1n) is 8.05. The molecule has 0 atom stereocenters. The zero-order chi connectivity index (χ0) is 17.1. The third kappa shape index (κ3) is 3.39. The van der Waals surface area contributed by atoms with Crippen molar-refractivity contribution in [3.05, 3.63) is 41.2 Å². The van der Waals surface area contributed by atoms with Crippen molar-refractivity contribution in [1.29, 1.82) is 0 Å². The number of benzene rings is 1. The van der Waals surface area contributed by atoms with Crippen LogP contribution in [0.4, 0.5) is 20.2 Å². The molecule has 24 heavy (non-hydrogen) atoms. The van der Waals surface area contributed by atoms with Gasteiger partial charge in [0.05, 0.1) is 11.4 Å². The Hall–Kier alpha value is -2.44. The van der Waals surface area contributed by atoms with Gasteiger partial charge in [-0.15, -0.1) is 0 Å². The molecule has 1 aromatic carbocycles. The molecule has 1 aromatic heterocycles. The number of hydrogen-bond acceptors (Lipinski definition) is 3. The van der Waals surface area contributed by atoms with E-state index in [-0.39, 0.29) is 5.69 Å². The van der Waals surface area contributed by atoms with E-state index in [1.54, 1.807) is 19.1 Å². The van der Waals surface area contributed by atoms with E-state index >= 15 is 0 Å². The van der Waals surface area contributed by atoms with Gasteiger partial charge in [0.2, 0.25) is 0 Å². The van der Waals surface area contributed by atoms with Crippen molar-refractivity contribution in [3.8, 4) is 0 Å². The number of nitrogens with one attached hydrogen (secondary N) is 2. The minimum absolute atomic E-state index is 0.0510. The lowest BCUT2D eigenvalue weighted by Crippen LogP contribution is -2.29. The Labute approximate surface area is 139 Å². The van der Waals surface area contributed by atoms with Crippen molar-refractivity contribution in [1.82, 2.24) is 10.2 Å². The molecule has 0 radical (unpaired) electrons. The minimum Gasteiger partial charge on any atom is -0.372 e. The molecule has 0 aliphatic carbocycles. The van der Waals surface area contributed by atoms with Crippen LogP contribution in [0.15, 0.2) is 24.3 Å². The van der Waals surface area contributed by atoms with Crippen LogP contribution in [0.25, 0.3) is 0 Å². The maximum absolute atomic E-state index is 12.9. The number of anilines is 2. The fraction of sp³-hybridized carbons (Fsp3) is 0.412. The number of aryl methyl sites for hydroxylation is 1. The molecule has 1 fully saturated rings. The fourth-order valence-electron chi connectivity index (χ4n) is 2.93. The lowest BCUT2D eigenvalue weighted by Gasteiger charge is -2.28.